The van der Waals surface area contributed by atoms with Crippen LogP contribution in [0.4, 0.5) is 4.39 Å². The Labute approximate surface area is 122 Å². The maximum atomic E-state index is 13.1. The Kier molecular flexibility index (Phi) is 5.00. The lowest BCUT2D eigenvalue weighted by atomic mass is 10.1. The minimum Gasteiger partial charge on any atom is -0.388 e. The zero-order valence-electron chi connectivity index (χ0n) is 11.7. The van der Waals surface area contributed by atoms with Gasteiger partial charge in [-0.2, -0.15) is 0 Å². The number of nitrogens with zero attached hydrogens (tertiary/aromatic N) is 1. The lowest BCUT2D eigenvalue weighted by molar-refractivity contribution is -0.123. The molecule has 1 heterocycles. The highest BCUT2D eigenvalue weighted by atomic mass is 19.1. The van der Waals surface area contributed by atoms with Gasteiger partial charge in [-0.3, -0.25) is 9.78 Å². The molecule has 1 aromatic carbocycles. The number of benzene rings is 1. The number of aromatic nitrogens is 1. The molecule has 0 fully saturated rings. The van der Waals surface area contributed by atoms with E-state index in [9.17, 15) is 14.3 Å². The maximum Gasteiger partial charge on any atom is 0.223 e. The summed E-state index contributed by atoms with van der Waals surface area (Å²) >= 11 is 0. The van der Waals surface area contributed by atoms with Gasteiger partial charge in [-0.05, 0) is 42.3 Å². The summed E-state index contributed by atoms with van der Waals surface area (Å²) in [6.45, 7) is 1.85. The zero-order chi connectivity index (χ0) is 15.2. The molecule has 0 aliphatic heterocycles. The predicted molar refractivity (Wildman–Crippen MR) is 76.8 cm³/mol. The number of nitrogens with one attached hydrogen (secondary N) is 1. The van der Waals surface area contributed by atoms with Crippen molar-refractivity contribution in [1.29, 1.82) is 0 Å². The standard InChI is InChI=1S/C16H17FN2O2/c1-11(12-5-7-18-8-6-12)19-16(21)10-15(20)13-3-2-4-14(17)9-13/h2-9,11,15,20H,10H2,1H3,(H,19,21). The molecule has 2 aromatic rings. The molecule has 0 aliphatic rings. The highest BCUT2D eigenvalue weighted by Gasteiger charge is 2.15. The van der Waals surface area contributed by atoms with Crippen LogP contribution in [0, 0.1) is 5.82 Å². The Morgan fingerprint density at radius 1 is 1.29 bits per heavy atom. The van der Waals surface area contributed by atoms with Gasteiger partial charge in [0.1, 0.15) is 5.82 Å². The first-order valence-corrected chi connectivity index (χ1v) is 6.69. The fourth-order valence-corrected chi connectivity index (χ4v) is 2.04. The molecule has 5 heteroatoms. The molecule has 1 amide bonds. The molecule has 0 saturated carbocycles. The number of hydrogen-bond donors (Lipinski definition) is 2. The van der Waals surface area contributed by atoms with E-state index in [1.165, 1.54) is 18.2 Å². The number of carbonyl (C=O) groups excluding carboxylic acids is 1. The van der Waals surface area contributed by atoms with Gasteiger partial charge in [0.25, 0.3) is 0 Å². The Morgan fingerprint density at radius 3 is 2.67 bits per heavy atom. The lowest BCUT2D eigenvalue weighted by Crippen LogP contribution is -2.28. The third-order valence-corrected chi connectivity index (χ3v) is 3.20. The summed E-state index contributed by atoms with van der Waals surface area (Å²) in [6.07, 6.45) is 2.17. The van der Waals surface area contributed by atoms with Gasteiger partial charge < -0.3 is 10.4 Å². The van der Waals surface area contributed by atoms with Crippen LogP contribution in [-0.4, -0.2) is 16.0 Å². The van der Waals surface area contributed by atoms with Gasteiger partial charge in [0.15, 0.2) is 0 Å². The largest absolute Gasteiger partial charge is 0.388 e. The third-order valence-electron chi connectivity index (χ3n) is 3.20. The van der Waals surface area contributed by atoms with Crippen LogP contribution in [0.2, 0.25) is 0 Å². The first kappa shape index (κ1) is 15.1. The Morgan fingerprint density at radius 2 is 2.00 bits per heavy atom. The number of pyridine rings is 1. The summed E-state index contributed by atoms with van der Waals surface area (Å²) in [4.78, 5) is 15.8. The van der Waals surface area contributed by atoms with E-state index in [2.05, 4.69) is 10.3 Å². The molecule has 0 radical (unpaired) electrons. The van der Waals surface area contributed by atoms with Gasteiger partial charge in [-0.1, -0.05) is 12.1 Å². The lowest BCUT2D eigenvalue weighted by Gasteiger charge is -2.16. The molecule has 2 rings (SSSR count). The van der Waals surface area contributed by atoms with Crippen LogP contribution < -0.4 is 5.32 Å². The summed E-state index contributed by atoms with van der Waals surface area (Å²) < 4.78 is 13.1. The molecule has 1 aromatic heterocycles. The second-order valence-corrected chi connectivity index (χ2v) is 4.84. The summed E-state index contributed by atoms with van der Waals surface area (Å²) in [5.74, 6) is -0.729. The van der Waals surface area contributed by atoms with Crippen LogP contribution in [-0.2, 0) is 4.79 Å². The molecule has 0 bridgehead atoms. The number of carbonyl (C=O) groups is 1. The van der Waals surface area contributed by atoms with Crippen LogP contribution in [0.5, 0.6) is 0 Å². The summed E-state index contributed by atoms with van der Waals surface area (Å²) in [5, 5.41) is 12.8. The molecular weight excluding hydrogens is 271 g/mol. The van der Waals surface area contributed by atoms with Gasteiger partial charge in [0, 0.05) is 12.4 Å². The van der Waals surface area contributed by atoms with Crippen LogP contribution in [0.1, 0.15) is 36.6 Å². The predicted octanol–water partition coefficient (Wildman–Crippen LogP) is 2.52. The second-order valence-electron chi connectivity index (χ2n) is 4.84. The Hall–Kier alpha value is -2.27. The first-order valence-electron chi connectivity index (χ1n) is 6.69. The van der Waals surface area contributed by atoms with E-state index in [1.54, 1.807) is 18.5 Å². The van der Waals surface area contributed by atoms with Crippen molar-refractivity contribution in [1.82, 2.24) is 10.3 Å². The Bertz CT molecular complexity index is 604. The van der Waals surface area contributed by atoms with Crippen LogP contribution in [0.3, 0.4) is 0 Å². The quantitative estimate of drug-likeness (QED) is 0.888. The fourth-order valence-electron chi connectivity index (χ4n) is 2.04. The van der Waals surface area contributed by atoms with Gasteiger partial charge in [-0.25, -0.2) is 4.39 Å². The van der Waals surface area contributed by atoms with Crippen molar-refractivity contribution in [2.75, 3.05) is 0 Å². The number of halogens is 1. The van der Waals surface area contributed by atoms with Crippen molar-refractivity contribution in [3.63, 3.8) is 0 Å². The van der Waals surface area contributed by atoms with Crippen molar-refractivity contribution in [3.8, 4) is 0 Å². The van der Waals surface area contributed by atoms with Crippen molar-refractivity contribution in [3.05, 3.63) is 65.7 Å². The van der Waals surface area contributed by atoms with E-state index in [0.29, 0.717) is 5.56 Å². The number of aliphatic hydroxyl groups is 1. The van der Waals surface area contributed by atoms with Gasteiger partial charge in [0.05, 0.1) is 18.6 Å². The van der Waals surface area contributed by atoms with E-state index in [4.69, 9.17) is 0 Å². The SMILES string of the molecule is CC(NC(=O)CC(O)c1cccc(F)c1)c1ccncc1. The number of hydrogen-bond acceptors (Lipinski definition) is 3. The number of rotatable bonds is 5. The summed E-state index contributed by atoms with van der Waals surface area (Å²) in [7, 11) is 0. The minimum atomic E-state index is -1.02. The van der Waals surface area contributed by atoms with Crippen LogP contribution in [0.25, 0.3) is 0 Å². The molecule has 2 N–H and O–H groups in total. The minimum absolute atomic E-state index is 0.112. The van der Waals surface area contributed by atoms with Gasteiger partial charge in [-0.15, -0.1) is 0 Å². The summed E-state index contributed by atoms with van der Waals surface area (Å²) in [5.41, 5.74) is 1.32. The molecule has 0 aliphatic carbocycles. The number of aliphatic hydroxyl groups excluding tert-OH is 1. The molecule has 2 atom stereocenters. The highest BCUT2D eigenvalue weighted by molar-refractivity contribution is 5.77. The monoisotopic (exact) mass is 288 g/mol. The van der Waals surface area contributed by atoms with Crippen molar-refractivity contribution < 1.29 is 14.3 Å². The average Bonchev–Trinajstić information content (AvgIpc) is 2.48. The van der Waals surface area contributed by atoms with Crippen LogP contribution >= 0.6 is 0 Å². The fraction of sp³-hybridized carbons (Fsp3) is 0.250. The van der Waals surface area contributed by atoms with E-state index < -0.39 is 11.9 Å². The van der Waals surface area contributed by atoms with Crippen molar-refractivity contribution >= 4 is 5.91 Å². The first-order chi connectivity index (χ1) is 10.1. The number of amides is 1. The van der Waals surface area contributed by atoms with E-state index in [1.807, 2.05) is 19.1 Å². The van der Waals surface area contributed by atoms with E-state index in [0.717, 1.165) is 5.56 Å². The van der Waals surface area contributed by atoms with Crippen LogP contribution in [0.15, 0.2) is 48.8 Å². The molecule has 2 unspecified atom stereocenters. The molecule has 0 saturated heterocycles. The average molecular weight is 288 g/mol. The molecular formula is C16H17FN2O2. The normalized spacial score (nSPS) is 13.5. The van der Waals surface area contributed by atoms with Gasteiger partial charge in [0.2, 0.25) is 5.91 Å². The van der Waals surface area contributed by atoms with Crippen molar-refractivity contribution in [2.45, 2.75) is 25.5 Å². The second kappa shape index (κ2) is 6.95. The molecule has 21 heavy (non-hydrogen) atoms. The maximum absolute atomic E-state index is 13.1. The zero-order valence-corrected chi connectivity index (χ0v) is 11.7. The smallest absolute Gasteiger partial charge is 0.223 e. The molecule has 4 nitrogen and oxygen atoms in total. The topological polar surface area (TPSA) is 62.2 Å². The Balaban J connectivity index is 1.92. The van der Waals surface area contributed by atoms with Crippen molar-refractivity contribution in [2.24, 2.45) is 0 Å². The molecule has 110 valence electrons. The van der Waals surface area contributed by atoms with Gasteiger partial charge >= 0.3 is 0 Å². The molecule has 0 spiro atoms. The van der Waals surface area contributed by atoms with E-state index in [-0.39, 0.29) is 18.4 Å². The highest BCUT2D eigenvalue weighted by Crippen LogP contribution is 2.18. The van der Waals surface area contributed by atoms with E-state index >= 15 is 0 Å². The third kappa shape index (κ3) is 4.36. The summed E-state index contributed by atoms with van der Waals surface area (Å²) in [6, 6.07) is 9.06.